The van der Waals surface area contributed by atoms with Crippen molar-refractivity contribution in [2.75, 3.05) is 32.1 Å². The number of hydrogen-bond donors (Lipinski definition) is 0. The maximum absolute atomic E-state index is 2.57. The van der Waals surface area contributed by atoms with E-state index < -0.39 is 0 Å². The molecule has 144 valence electrons. The van der Waals surface area contributed by atoms with Crippen molar-refractivity contribution in [1.82, 2.24) is 9.47 Å². The van der Waals surface area contributed by atoms with Gasteiger partial charge in [0.15, 0.2) is 0 Å². The summed E-state index contributed by atoms with van der Waals surface area (Å²) >= 11 is 0. The number of aromatic nitrogens is 1. The Morgan fingerprint density at radius 1 is 0.889 bits per heavy atom. The van der Waals surface area contributed by atoms with Gasteiger partial charge < -0.3 is 9.47 Å². The van der Waals surface area contributed by atoms with Gasteiger partial charge in [0.1, 0.15) is 0 Å². The van der Waals surface area contributed by atoms with Crippen molar-refractivity contribution in [3.05, 3.63) is 65.4 Å². The van der Waals surface area contributed by atoms with Crippen LogP contribution in [0.4, 0.5) is 5.69 Å². The molecule has 0 amide bonds. The van der Waals surface area contributed by atoms with E-state index in [4.69, 9.17) is 0 Å². The second-order valence-corrected chi connectivity index (χ2v) is 7.37. The first-order valence-corrected chi connectivity index (χ1v) is 10.1. The molecule has 0 spiro atoms. The van der Waals surface area contributed by atoms with Crippen LogP contribution in [0.5, 0.6) is 0 Å². The van der Waals surface area contributed by atoms with Crippen molar-refractivity contribution in [3.63, 3.8) is 0 Å². The maximum Gasteiger partial charge on any atom is 0.0625 e. The standard InChI is InChI=1S/C24H33N3/c1-7-26(8-2)24(19-14-16-20(17-15-19)25(5)6)23-18(4)27(9-3)22-13-11-10-12-21(22)23/h10-17,24H,7-9H2,1-6H3. The van der Waals surface area contributed by atoms with Crippen molar-refractivity contribution < 1.29 is 0 Å². The smallest absolute Gasteiger partial charge is 0.0625 e. The second kappa shape index (κ2) is 8.18. The highest BCUT2D eigenvalue weighted by Gasteiger charge is 2.26. The van der Waals surface area contributed by atoms with Crippen molar-refractivity contribution in [1.29, 1.82) is 0 Å². The van der Waals surface area contributed by atoms with Crippen LogP contribution >= 0.6 is 0 Å². The van der Waals surface area contributed by atoms with Crippen LogP contribution in [0, 0.1) is 6.92 Å². The van der Waals surface area contributed by atoms with Crippen molar-refractivity contribution in [2.24, 2.45) is 0 Å². The number of rotatable bonds is 7. The van der Waals surface area contributed by atoms with Gasteiger partial charge in [0, 0.05) is 48.5 Å². The Balaban J connectivity index is 2.23. The Morgan fingerprint density at radius 3 is 2.07 bits per heavy atom. The third kappa shape index (κ3) is 3.49. The fourth-order valence-corrected chi connectivity index (χ4v) is 4.31. The molecule has 0 radical (unpaired) electrons. The zero-order valence-corrected chi connectivity index (χ0v) is 17.7. The number of anilines is 1. The van der Waals surface area contributed by atoms with E-state index in [0.717, 1.165) is 19.6 Å². The van der Waals surface area contributed by atoms with Crippen LogP contribution in [0.25, 0.3) is 10.9 Å². The molecule has 27 heavy (non-hydrogen) atoms. The highest BCUT2D eigenvalue weighted by molar-refractivity contribution is 5.86. The van der Waals surface area contributed by atoms with Gasteiger partial charge in [0.25, 0.3) is 0 Å². The molecular weight excluding hydrogens is 330 g/mol. The molecule has 0 aliphatic heterocycles. The molecule has 1 unspecified atom stereocenters. The zero-order chi connectivity index (χ0) is 19.6. The highest BCUT2D eigenvalue weighted by Crippen LogP contribution is 2.38. The number of aryl methyl sites for hydroxylation is 1. The Labute approximate surface area is 164 Å². The molecule has 3 aromatic rings. The molecule has 1 heterocycles. The van der Waals surface area contributed by atoms with E-state index in [-0.39, 0.29) is 6.04 Å². The first-order chi connectivity index (χ1) is 13.0. The Hall–Kier alpha value is -2.26. The van der Waals surface area contributed by atoms with E-state index >= 15 is 0 Å². The molecule has 0 saturated heterocycles. The molecule has 0 aliphatic rings. The topological polar surface area (TPSA) is 11.4 Å². The van der Waals surface area contributed by atoms with Gasteiger partial charge in [-0.3, -0.25) is 4.90 Å². The average Bonchev–Trinajstić information content (AvgIpc) is 2.97. The Bertz CT molecular complexity index is 886. The van der Waals surface area contributed by atoms with Gasteiger partial charge in [0.05, 0.1) is 6.04 Å². The summed E-state index contributed by atoms with van der Waals surface area (Å²) in [7, 11) is 4.19. The quantitative estimate of drug-likeness (QED) is 0.552. The minimum atomic E-state index is 0.272. The minimum absolute atomic E-state index is 0.272. The van der Waals surface area contributed by atoms with Crippen molar-refractivity contribution >= 4 is 16.6 Å². The van der Waals surface area contributed by atoms with E-state index in [0.29, 0.717) is 0 Å². The van der Waals surface area contributed by atoms with Gasteiger partial charge >= 0.3 is 0 Å². The van der Waals surface area contributed by atoms with E-state index in [1.54, 1.807) is 0 Å². The van der Waals surface area contributed by atoms with Gasteiger partial charge in [-0.2, -0.15) is 0 Å². The molecule has 0 fully saturated rings. The van der Waals surface area contributed by atoms with Gasteiger partial charge in [-0.15, -0.1) is 0 Å². The summed E-state index contributed by atoms with van der Waals surface area (Å²) in [5.41, 5.74) is 6.78. The van der Waals surface area contributed by atoms with Crippen LogP contribution in [0.15, 0.2) is 48.5 Å². The summed E-state index contributed by atoms with van der Waals surface area (Å²) in [6.07, 6.45) is 0. The SMILES string of the molecule is CCN(CC)C(c1ccc(N(C)C)cc1)c1c(C)n(CC)c2ccccc12. The zero-order valence-electron chi connectivity index (χ0n) is 17.7. The molecule has 0 bridgehead atoms. The lowest BCUT2D eigenvalue weighted by molar-refractivity contribution is 0.251. The molecule has 1 aromatic heterocycles. The fourth-order valence-electron chi connectivity index (χ4n) is 4.31. The van der Waals surface area contributed by atoms with E-state index in [2.05, 4.69) is 105 Å². The minimum Gasteiger partial charge on any atom is -0.378 e. The van der Waals surface area contributed by atoms with Crippen molar-refractivity contribution in [3.8, 4) is 0 Å². The first-order valence-electron chi connectivity index (χ1n) is 10.1. The molecule has 0 saturated carbocycles. The summed E-state index contributed by atoms with van der Waals surface area (Å²) in [4.78, 5) is 4.73. The lowest BCUT2D eigenvalue weighted by atomic mass is 9.94. The van der Waals surface area contributed by atoms with E-state index in [9.17, 15) is 0 Å². The Morgan fingerprint density at radius 2 is 1.52 bits per heavy atom. The maximum atomic E-state index is 2.57. The summed E-state index contributed by atoms with van der Waals surface area (Å²) in [6, 6.07) is 18.2. The van der Waals surface area contributed by atoms with E-state index in [1.165, 1.54) is 33.4 Å². The van der Waals surface area contributed by atoms with Gasteiger partial charge in [-0.25, -0.2) is 0 Å². The third-order valence-corrected chi connectivity index (χ3v) is 5.77. The van der Waals surface area contributed by atoms with Crippen LogP contribution in [0.2, 0.25) is 0 Å². The van der Waals surface area contributed by atoms with E-state index in [1.807, 2.05) is 0 Å². The molecule has 2 aromatic carbocycles. The summed E-state index contributed by atoms with van der Waals surface area (Å²) in [5, 5.41) is 1.38. The number of para-hydroxylation sites is 1. The number of nitrogens with zero attached hydrogens (tertiary/aromatic N) is 3. The molecule has 3 nitrogen and oxygen atoms in total. The molecule has 0 N–H and O–H groups in total. The molecule has 1 atom stereocenters. The summed E-state index contributed by atoms with van der Waals surface area (Å²) in [6.45, 7) is 12.1. The van der Waals surface area contributed by atoms with Crippen LogP contribution < -0.4 is 4.90 Å². The third-order valence-electron chi connectivity index (χ3n) is 5.77. The normalized spacial score (nSPS) is 12.7. The summed E-state index contributed by atoms with van der Waals surface area (Å²) < 4.78 is 2.45. The second-order valence-electron chi connectivity index (χ2n) is 7.37. The van der Waals surface area contributed by atoms with Crippen LogP contribution in [0.3, 0.4) is 0 Å². The Kier molecular flexibility index (Phi) is 5.91. The van der Waals surface area contributed by atoms with Gasteiger partial charge in [-0.1, -0.05) is 44.2 Å². The fraction of sp³-hybridized carbons (Fsp3) is 0.417. The first kappa shape index (κ1) is 19.5. The average molecular weight is 364 g/mol. The predicted octanol–water partition coefficient (Wildman–Crippen LogP) is 5.47. The number of hydrogen-bond acceptors (Lipinski definition) is 2. The monoisotopic (exact) mass is 363 g/mol. The molecule has 0 aliphatic carbocycles. The van der Waals surface area contributed by atoms with Crippen LogP contribution in [0.1, 0.15) is 43.6 Å². The largest absolute Gasteiger partial charge is 0.378 e. The van der Waals surface area contributed by atoms with Crippen LogP contribution in [-0.4, -0.2) is 36.7 Å². The summed E-state index contributed by atoms with van der Waals surface area (Å²) in [5.74, 6) is 0. The highest BCUT2D eigenvalue weighted by atomic mass is 15.2. The van der Waals surface area contributed by atoms with Crippen molar-refractivity contribution in [2.45, 2.75) is 40.3 Å². The van der Waals surface area contributed by atoms with Crippen LogP contribution in [-0.2, 0) is 6.54 Å². The molecular formula is C24H33N3. The molecule has 3 heteroatoms. The number of fused-ring (bicyclic) bond motifs is 1. The van der Waals surface area contributed by atoms with Gasteiger partial charge in [0.2, 0.25) is 0 Å². The number of benzene rings is 2. The molecule has 3 rings (SSSR count). The lowest BCUT2D eigenvalue weighted by Crippen LogP contribution is -2.29. The predicted molar refractivity (Wildman–Crippen MR) is 118 cm³/mol. The lowest BCUT2D eigenvalue weighted by Gasteiger charge is -2.31. The van der Waals surface area contributed by atoms with Gasteiger partial charge in [-0.05, 0) is 50.7 Å².